The highest BCUT2D eigenvalue weighted by Crippen LogP contribution is 2.19. The monoisotopic (exact) mass is 468 g/mol. The van der Waals surface area contributed by atoms with Crippen LogP contribution in [0.2, 0.25) is 0 Å². The standard InChI is InChI=1S/C28H28N4O3/c1-19-25(20(2)32(31-19)18-21-9-5-4-6-10-21)17-29-28(34)24-11-7-8-12-26(24)30-27(33)22-13-15-23(35-3)16-14-22/h4-16H,17-18H2,1-3H3,(H,29,34)(H,30,33). The minimum atomic E-state index is -0.304. The number of ether oxygens (including phenoxy) is 1. The van der Waals surface area contributed by atoms with Gasteiger partial charge in [0.05, 0.1) is 30.6 Å². The number of para-hydroxylation sites is 1. The number of hydrogen-bond acceptors (Lipinski definition) is 4. The number of rotatable bonds is 8. The summed E-state index contributed by atoms with van der Waals surface area (Å²) < 4.78 is 7.09. The van der Waals surface area contributed by atoms with Crippen LogP contribution < -0.4 is 15.4 Å². The number of anilines is 1. The van der Waals surface area contributed by atoms with Crippen LogP contribution in [-0.2, 0) is 13.1 Å². The first-order chi connectivity index (χ1) is 17.0. The van der Waals surface area contributed by atoms with Crippen molar-refractivity contribution in [3.8, 4) is 5.75 Å². The van der Waals surface area contributed by atoms with Crippen LogP contribution in [0.3, 0.4) is 0 Å². The van der Waals surface area contributed by atoms with Gasteiger partial charge in [-0.05, 0) is 55.8 Å². The molecule has 1 aromatic heterocycles. The van der Waals surface area contributed by atoms with Crippen molar-refractivity contribution in [2.24, 2.45) is 0 Å². The van der Waals surface area contributed by atoms with E-state index in [0.717, 1.165) is 22.5 Å². The first kappa shape index (κ1) is 23.8. The summed E-state index contributed by atoms with van der Waals surface area (Å²) in [5.41, 5.74) is 5.33. The number of aryl methyl sites for hydroxylation is 1. The van der Waals surface area contributed by atoms with Gasteiger partial charge in [-0.25, -0.2) is 0 Å². The lowest BCUT2D eigenvalue weighted by atomic mass is 10.1. The number of aromatic nitrogens is 2. The number of nitrogens with one attached hydrogen (secondary N) is 2. The van der Waals surface area contributed by atoms with Crippen LogP contribution in [0.5, 0.6) is 5.75 Å². The average Bonchev–Trinajstić information content (AvgIpc) is 3.15. The van der Waals surface area contributed by atoms with Crippen molar-refractivity contribution in [2.45, 2.75) is 26.9 Å². The van der Waals surface area contributed by atoms with Crippen LogP contribution in [0.15, 0.2) is 78.9 Å². The predicted molar refractivity (Wildman–Crippen MR) is 136 cm³/mol. The van der Waals surface area contributed by atoms with E-state index in [1.165, 1.54) is 0 Å². The topological polar surface area (TPSA) is 85.2 Å². The molecule has 0 bridgehead atoms. The Hall–Kier alpha value is -4.39. The van der Waals surface area contributed by atoms with Crippen molar-refractivity contribution >= 4 is 17.5 Å². The molecule has 0 aliphatic heterocycles. The molecule has 0 fully saturated rings. The van der Waals surface area contributed by atoms with Gasteiger partial charge in [0.15, 0.2) is 0 Å². The van der Waals surface area contributed by atoms with Gasteiger partial charge in [-0.3, -0.25) is 14.3 Å². The Morgan fingerprint density at radius 3 is 2.29 bits per heavy atom. The highest BCUT2D eigenvalue weighted by molar-refractivity contribution is 6.09. The number of methoxy groups -OCH3 is 1. The molecule has 4 rings (SSSR count). The van der Waals surface area contributed by atoms with Gasteiger partial charge in [-0.15, -0.1) is 0 Å². The zero-order chi connectivity index (χ0) is 24.8. The van der Waals surface area contributed by atoms with Crippen LogP contribution >= 0.6 is 0 Å². The quantitative estimate of drug-likeness (QED) is 0.391. The second kappa shape index (κ2) is 10.7. The molecule has 0 unspecified atom stereocenters. The van der Waals surface area contributed by atoms with Crippen LogP contribution in [0.4, 0.5) is 5.69 Å². The van der Waals surface area contributed by atoms with Crippen LogP contribution in [-0.4, -0.2) is 28.7 Å². The van der Waals surface area contributed by atoms with E-state index in [4.69, 9.17) is 4.74 Å². The second-order valence-corrected chi connectivity index (χ2v) is 8.20. The van der Waals surface area contributed by atoms with Crippen molar-refractivity contribution in [3.05, 3.63) is 113 Å². The number of benzene rings is 3. The third-order valence-corrected chi connectivity index (χ3v) is 5.90. The minimum absolute atomic E-state index is 0.273. The summed E-state index contributed by atoms with van der Waals surface area (Å²) in [5, 5.41) is 10.5. The molecule has 7 nitrogen and oxygen atoms in total. The fourth-order valence-electron chi connectivity index (χ4n) is 3.89. The normalized spacial score (nSPS) is 10.6. The molecule has 2 amide bonds. The summed E-state index contributed by atoms with van der Waals surface area (Å²) >= 11 is 0. The zero-order valence-electron chi connectivity index (χ0n) is 20.0. The van der Waals surface area contributed by atoms with Crippen molar-refractivity contribution in [3.63, 3.8) is 0 Å². The molecule has 3 aromatic carbocycles. The van der Waals surface area contributed by atoms with Gasteiger partial charge in [0.1, 0.15) is 5.75 Å². The Morgan fingerprint density at radius 2 is 1.57 bits per heavy atom. The van der Waals surface area contributed by atoms with E-state index in [1.807, 2.05) is 36.7 Å². The Bertz CT molecular complexity index is 1330. The Balaban J connectivity index is 1.45. The van der Waals surface area contributed by atoms with Crippen LogP contribution in [0.1, 0.15) is 43.2 Å². The van der Waals surface area contributed by atoms with E-state index in [1.54, 1.807) is 55.6 Å². The summed E-state index contributed by atoms with van der Waals surface area (Å²) in [5.74, 6) is 0.0889. The van der Waals surface area contributed by atoms with E-state index >= 15 is 0 Å². The van der Waals surface area contributed by atoms with Crippen LogP contribution in [0, 0.1) is 13.8 Å². The van der Waals surface area contributed by atoms with Crippen LogP contribution in [0.25, 0.3) is 0 Å². The number of amides is 2. The molecule has 178 valence electrons. The van der Waals surface area contributed by atoms with E-state index in [9.17, 15) is 9.59 Å². The maximum Gasteiger partial charge on any atom is 0.255 e. The van der Waals surface area contributed by atoms with Crippen molar-refractivity contribution in [1.82, 2.24) is 15.1 Å². The molecule has 0 aliphatic carbocycles. The van der Waals surface area contributed by atoms with Crippen molar-refractivity contribution in [2.75, 3.05) is 12.4 Å². The molecule has 0 atom stereocenters. The molecule has 0 saturated heterocycles. The highest BCUT2D eigenvalue weighted by atomic mass is 16.5. The van der Waals surface area contributed by atoms with Gasteiger partial charge in [-0.2, -0.15) is 5.10 Å². The Labute approximate surface area is 204 Å². The van der Waals surface area contributed by atoms with Crippen molar-refractivity contribution < 1.29 is 14.3 Å². The van der Waals surface area contributed by atoms with E-state index in [0.29, 0.717) is 35.7 Å². The predicted octanol–water partition coefficient (Wildman–Crippen LogP) is 4.74. The molecule has 1 heterocycles. The lowest BCUT2D eigenvalue weighted by molar-refractivity contribution is 0.0951. The lowest BCUT2D eigenvalue weighted by Crippen LogP contribution is -2.25. The first-order valence-electron chi connectivity index (χ1n) is 11.4. The number of carbonyl (C=O) groups is 2. The third kappa shape index (κ3) is 5.58. The number of hydrogen-bond donors (Lipinski definition) is 2. The lowest BCUT2D eigenvalue weighted by Gasteiger charge is -2.12. The summed E-state index contributed by atoms with van der Waals surface area (Å²) in [7, 11) is 1.57. The molecule has 4 aromatic rings. The second-order valence-electron chi connectivity index (χ2n) is 8.20. The molecule has 0 aliphatic rings. The van der Waals surface area contributed by atoms with E-state index < -0.39 is 0 Å². The Kier molecular flexibility index (Phi) is 7.26. The molecular weight excluding hydrogens is 440 g/mol. The molecule has 0 spiro atoms. The maximum absolute atomic E-state index is 13.1. The number of nitrogens with zero attached hydrogens (tertiary/aromatic N) is 2. The van der Waals surface area contributed by atoms with Gasteiger partial charge in [0.25, 0.3) is 11.8 Å². The van der Waals surface area contributed by atoms with Gasteiger partial charge in [0.2, 0.25) is 0 Å². The minimum Gasteiger partial charge on any atom is -0.497 e. The molecule has 2 N–H and O–H groups in total. The van der Waals surface area contributed by atoms with E-state index in [-0.39, 0.29) is 11.8 Å². The number of carbonyl (C=O) groups excluding carboxylic acids is 2. The summed E-state index contributed by atoms with van der Waals surface area (Å²) in [4.78, 5) is 25.8. The first-order valence-corrected chi connectivity index (χ1v) is 11.4. The highest BCUT2D eigenvalue weighted by Gasteiger charge is 2.17. The van der Waals surface area contributed by atoms with Gasteiger partial charge in [-0.1, -0.05) is 42.5 Å². The Morgan fingerprint density at radius 1 is 0.886 bits per heavy atom. The maximum atomic E-state index is 13.1. The largest absolute Gasteiger partial charge is 0.497 e. The summed E-state index contributed by atoms with van der Waals surface area (Å²) in [6.45, 7) is 4.96. The summed E-state index contributed by atoms with van der Waals surface area (Å²) in [6.07, 6.45) is 0. The molecule has 35 heavy (non-hydrogen) atoms. The average molecular weight is 469 g/mol. The summed E-state index contributed by atoms with van der Waals surface area (Å²) in [6, 6.07) is 23.9. The van der Waals surface area contributed by atoms with Gasteiger partial charge < -0.3 is 15.4 Å². The van der Waals surface area contributed by atoms with Gasteiger partial charge in [0, 0.05) is 23.4 Å². The fourth-order valence-corrected chi connectivity index (χ4v) is 3.89. The van der Waals surface area contributed by atoms with Gasteiger partial charge >= 0.3 is 0 Å². The molecular formula is C28H28N4O3. The van der Waals surface area contributed by atoms with E-state index in [2.05, 4.69) is 27.9 Å². The smallest absolute Gasteiger partial charge is 0.255 e. The third-order valence-electron chi connectivity index (χ3n) is 5.90. The fraction of sp³-hybridized carbons (Fsp3) is 0.179. The van der Waals surface area contributed by atoms with Crippen molar-refractivity contribution in [1.29, 1.82) is 0 Å². The zero-order valence-corrected chi connectivity index (χ0v) is 20.0. The molecule has 0 radical (unpaired) electrons. The molecule has 0 saturated carbocycles. The molecule has 7 heteroatoms. The SMILES string of the molecule is COc1ccc(C(=O)Nc2ccccc2C(=O)NCc2c(C)nn(Cc3ccccc3)c2C)cc1.